The van der Waals surface area contributed by atoms with Gasteiger partial charge in [-0.3, -0.25) is 4.79 Å². The van der Waals surface area contributed by atoms with Crippen LogP contribution in [-0.4, -0.2) is 58.1 Å². The van der Waals surface area contributed by atoms with Crippen molar-refractivity contribution < 1.29 is 19.0 Å². The molecule has 1 aromatic carbocycles. The van der Waals surface area contributed by atoms with Crippen molar-refractivity contribution in [2.24, 2.45) is 29.4 Å². The molecule has 0 amide bonds. The van der Waals surface area contributed by atoms with Crippen LogP contribution in [-0.2, 0) is 25.4 Å². The largest absolute Gasteiger partial charge is 0.460 e. The Morgan fingerprint density at radius 2 is 1.90 bits per heavy atom. The fraction of sp³-hybridized carbons (Fsp3) is 0.719. The molecule has 1 saturated heterocycles. The van der Waals surface area contributed by atoms with Gasteiger partial charge in [0.15, 0.2) is 0 Å². The number of esters is 1. The first-order valence-corrected chi connectivity index (χ1v) is 18.7. The maximum absolute atomic E-state index is 12.5. The number of nitrogens with one attached hydrogen (secondary N) is 1. The Hall–Kier alpha value is -1.67. The predicted molar refractivity (Wildman–Crippen MR) is 164 cm³/mol. The summed E-state index contributed by atoms with van der Waals surface area (Å²) in [4.78, 5) is 15.9. The van der Waals surface area contributed by atoms with Gasteiger partial charge in [-0.1, -0.05) is 53.4 Å². The van der Waals surface area contributed by atoms with Crippen LogP contribution < -0.4 is 5.73 Å². The van der Waals surface area contributed by atoms with Crippen molar-refractivity contribution in [1.29, 1.82) is 0 Å². The maximum Gasteiger partial charge on any atom is 0.309 e. The third-order valence-electron chi connectivity index (χ3n) is 8.56. The van der Waals surface area contributed by atoms with Gasteiger partial charge in [0, 0.05) is 57.5 Å². The number of carbonyl (C=O) groups excluding carboxylic acids is 1. The van der Waals surface area contributed by atoms with Crippen molar-refractivity contribution in [3.8, 4) is 0 Å². The molecule has 3 N–H and O–H groups in total. The number of cyclic esters (lactones) is 1. The standard InChI is InChI=1S/C32H54N2O4Si/c1-21(2)25(17-29(33)31-18-26(22(3)4)32(35)38-31)28(20-37-14-15-39(6,7)8)23-11-12-30-27(16-23)24(19-34-30)10-9-13-36-5/h11-12,16,19,21-22,25-26,28-29,31,34H,9-10,13-15,17-18,20,33H2,1-8H3. The maximum atomic E-state index is 12.5. The van der Waals surface area contributed by atoms with Crippen LogP contribution >= 0.6 is 0 Å². The third kappa shape index (κ3) is 8.91. The number of nitrogens with two attached hydrogens (primary N) is 1. The van der Waals surface area contributed by atoms with Gasteiger partial charge in [0.1, 0.15) is 6.10 Å². The van der Waals surface area contributed by atoms with Crippen molar-refractivity contribution in [1.82, 2.24) is 4.98 Å². The highest BCUT2D eigenvalue weighted by molar-refractivity contribution is 6.76. The van der Waals surface area contributed by atoms with E-state index in [1.165, 1.54) is 22.0 Å². The van der Waals surface area contributed by atoms with Crippen LogP contribution in [0.15, 0.2) is 24.4 Å². The third-order valence-corrected chi connectivity index (χ3v) is 10.3. The number of aryl methyl sites for hydroxylation is 1. The van der Waals surface area contributed by atoms with Crippen LogP contribution in [0.1, 0.15) is 64.0 Å². The minimum Gasteiger partial charge on any atom is -0.460 e. The summed E-state index contributed by atoms with van der Waals surface area (Å²) in [6.07, 6.45) is 5.43. The quantitative estimate of drug-likeness (QED) is 0.135. The van der Waals surface area contributed by atoms with E-state index in [9.17, 15) is 4.79 Å². The van der Waals surface area contributed by atoms with Crippen molar-refractivity contribution in [3.63, 3.8) is 0 Å². The minimum atomic E-state index is -1.18. The lowest BCUT2D eigenvalue weighted by Crippen LogP contribution is -2.39. The van der Waals surface area contributed by atoms with Crippen LogP contribution in [0.4, 0.5) is 0 Å². The van der Waals surface area contributed by atoms with Gasteiger partial charge in [0.05, 0.1) is 12.5 Å². The molecule has 6 nitrogen and oxygen atoms in total. The lowest BCUT2D eigenvalue weighted by Gasteiger charge is -2.34. The zero-order valence-corrected chi connectivity index (χ0v) is 26.7. The molecule has 2 heterocycles. The topological polar surface area (TPSA) is 86.6 Å². The molecular weight excluding hydrogens is 504 g/mol. The van der Waals surface area contributed by atoms with E-state index >= 15 is 0 Å². The van der Waals surface area contributed by atoms with Gasteiger partial charge in [-0.15, -0.1) is 0 Å². The number of H-pyrrole nitrogens is 1. The summed E-state index contributed by atoms with van der Waals surface area (Å²) < 4.78 is 17.5. The Bertz CT molecular complexity index is 1040. The van der Waals surface area contributed by atoms with Gasteiger partial charge in [0.25, 0.3) is 0 Å². The van der Waals surface area contributed by atoms with Crippen LogP contribution in [0.25, 0.3) is 10.9 Å². The number of ether oxygens (including phenoxy) is 3. The van der Waals surface area contributed by atoms with Crippen molar-refractivity contribution >= 4 is 24.9 Å². The Balaban J connectivity index is 1.86. The van der Waals surface area contributed by atoms with Gasteiger partial charge in [-0.05, 0) is 72.7 Å². The average Bonchev–Trinajstić information content (AvgIpc) is 3.45. The number of fused-ring (bicyclic) bond motifs is 1. The summed E-state index contributed by atoms with van der Waals surface area (Å²) in [6.45, 7) is 18.2. The van der Waals surface area contributed by atoms with Crippen molar-refractivity contribution in [2.45, 2.75) is 97.1 Å². The molecule has 1 aliphatic rings. The van der Waals surface area contributed by atoms with E-state index in [0.29, 0.717) is 18.4 Å². The van der Waals surface area contributed by atoms with Crippen LogP contribution in [0.5, 0.6) is 0 Å². The number of aromatic amines is 1. The highest BCUT2D eigenvalue weighted by atomic mass is 28.3. The number of methoxy groups -OCH3 is 1. The Morgan fingerprint density at radius 1 is 1.15 bits per heavy atom. The van der Waals surface area contributed by atoms with E-state index in [0.717, 1.165) is 44.9 Å². The van der Waals surface area contributed by atoms with Gasteiger partial charge in [-0.25, -0.2) is 0 Å². The van der Waals surface area contributed by atoms with Gasteiger partial charge in [-0.2, -0.15) is 0 Å². The first kappa shape index (κ1) is 31.8. The molecule has 0 radical (unpaired) electrons. The number of hydrogen-bond acceptors (Lipinski definition) is 5. The van der Waals surface area contributed by atoms with Gasteiger partial charge < -0.3 is 24.9 Å². The fourth-order valence-corrected chi connectivity index (χ4v) is 6.66. The van der Waals surface area contributed by atoms with Crippen LogP contribution in [0, 0.1) is 23.7 Å². The zero-order chi connectivity index (χ0) is 28.7. The number of aromatic nitrogens is 1. The normalized spacial score (nSPS) is 20.6. The molecule has 7 heteroatoms. The van der Waals surface area contributed by atoms with Gasteiger partial charge in [0.2, 0.25) is 0 Å². The molecule has 0 aliphatic carbocycles. The Kier molecular flexibility index (Phi) is 11.7. The highest BCUT2D eigenvalue weighted by Gasteiger charge is 2.41. The molecule has 1 aromatic heterocycles. The molecule has 2 aromatic rings. The van der Waals surface area contributed by atoms with E-state index in [-0.39, 0.29) is 35.9 Å². The summed E-state index contributed by atoms with van der Waals surface area (Å²) in [5.74, 6) is 1.05. The van der Waals surface area contributed by atoms with E-state index in [1.54, 1.807) is 7.11 Å². The predicted octanol–water partition coefficient (Wildman–Crippen LogP) is 6.76. The van der Waals surface area contributed by atoms with Crippen LogP contribution in [0.3, 0.4) is 0 Å². The van der Waals surface area contributed by atoms with Crippen molar-refractivity contribution in [3.05, 3.63) is 35.5 Å². The summed E-state index contributed by atoms with van der Waals surface area (Å²) in [5.41, 5.74) is 10.6. The van der Waals surface area contributed by atoms with E-state index < -0.39 is 8.07 Å². The first-order valence-electron chi connectivity index (χ1n) is 15.0. The Labute approximate surface area is 237 Å². The fourth-order valence-electron chi connectivity index (χ4n) is 5.90. The summed E-state index contributed by atoms with van der Waals surface area (Å²) in [5, 5.41) is 1.28. The molecular formula is C32H54N2O4Si. The van der Waals surface area contributed by atoms with E-state index in [2.05, 4.69) is 76.7 Å². The molecule has 5 unspecified atom stereocenters. The van der Waals surface area contributed by atoms with Crippen molar-refractivity contribution in [2.75, 3.05) is 26.9 Å². The second-order valence-electron chi connectivity index (χ2n) is 13.6. The SMILES string of the molecule is COCCCc1c[nH]c2ccc(C(COCC[Si](C)(C)C)C(CC(N)C3CC(C(C)C)C(=O)O3)C(C)C)cc12. The molecule has 1 aliphatic heterocycles. The number of carbonyl (C=O) groups is 1. The second-order valence-corrected chi connectivity index (χ2v) is 19.2. The zero-order valence-electron chi connectivity index (χ0n) is 25.7. The number of benzene rings is 1. The van der Waals surface area contributed by atoms with Gasteiger partial charge >= 0.3 is 5.97 Å². The second kappa shape index (κ2) is 14.3. The highest BCUT2D eigenvalue weighted by Crippen LogP contribution is 2.38. The molecule has 0 saturated carbocycles. The molecule has 0 spiro atoms. The lowest BCUT2D eigenvalue weighted by atomic mass is 9.75. The van der Waals surface area contributed by atoms with E-state index in [1.807, 2.05) is 0 Å². The first-order chi connectivity index (χ1) is 18.4. The molecule has 39 heavy (non-hydrogen) atoms. The average molecular weight is 559 g/mol. The van der Waals surface area contributed by atoms with Crippen LogP contribution in [0.2, 0.25) is 25.7 Å². The number of rotatable bonds is 16. The number of hydrogen-bond donors (Lipinski definition) is 2. The monoisotopic (exact) mass is 558 g/mol. The summed E-state index contributed by atoms with van der Waals surface area (Å²) >= 11 is 0. The lowest BCUT2D eigenvalue weighted by molar-refractivity contribution is -0.146. The summed E-state index contributed by atoms with van der Waals surface area (Å²) in [6, 6.07) is 7.81. The molecule has 0 bridgehead atoms. The smallest absolute Gasteiger partial charge is 0.309 e. The minimum absolute atomic E-state index is 0.0493. The Morgan fingerprint density at radius 3 is 2.51 bits per heavy atom. The molecule has 5 atom stereocenters. The molecule has 3 rings (SSSR count). The van der Waals surface area contributed by atoms with E-state index in [4.69, 9.17) is 19.9 Å². The summed E-state index contributed by atoms with van der Waals surface area (Å²) in [7, 11) is 0.574. The molecule has 1 fully saturated rings. The molecule has 220 valence electrons.